The molecule has 4 aromatic rings. The summed E-state index contributed by atoms with van der Waals surface area (Å²) in [7, 11) is 0. The molecule has 0 bridgehead atoms. The van der Waals surface area contributed by atoms with Crippen LogP contribution >= 0.6 is 11.3 Å². The molecule has 2 heterocycles. The molecule has 4 rings (SSSR count). The van der Waals surface area contributed by atoms with Gasteiger partial charge in [0, 0.05) is 10.9 Å². The molecule has 2 aromatic carbocycles. The Morgan fingerprint density at radius 2 is 1.76 bits per heavy atom. The quantitative estimate of drug-likeness (QED) is 0.352. The Kier molecular flexibility index (Phi) is 6.44. The molecule has 0 aliphatic heterocycles. The smallest absolute Gasteiger partial charge is 0.348 e. The summed E-state index contributed by atoms with van der Waals surface area (Å²) >= 11 is 1.05. The van der Waals surface area contributed by atoms with Crippen LogP contribution in [0, 0.1) is 32.1 Å². The zero-order valence-corrected chi connectivity index (χ0v) is 20.2. The maximum Gasteiger partial charge on any atom is 0.348 e. The zero-order chi connectivity index (χ0) is 24.4. The summed E-state index contributed by atoms with van der Waals surface area (Å²) in [4.78, 5) is 31.1. The number of ether oxygens (including phenoxy) is 1. The van der Waals surface area contributed by atoms with Crippen LogP contribution in [0.15, 0.2) is 48.5 Å². The van der Waals surface area contributed by atoms with Gasteiger partial charge >= 0.3 is 5.97 Å². The van der Waals surface area contributed by atoms with Crippen molar-refractivity contribution in [3.63, 3.8) is 0 Å². The third kappa shape index (κ3) is 4.16. The third-order valence-corrected chi connectivity index (χ3v) is 6.82. The maximum absolute atomic E-state index is 13.6. The number of hydrogen-bond acceptors (Lipinski definition) is 6. The van der Waals surface area contributed by atoms with E-state index >= 15 is 0 Å². The first-order chi connectivity index (χ1) is 16.3. The highest BCUT2D eigenvalue weighted by molar-refractivity contribution is 7.18. The molecule has 34 heavy (non-hydrogen) atoms. The molecular weight excluding hydrogens is 446 g/mol. The number of benzene rings is 2. The van der Waals surface area contributed by atoms with E-state index in [4.69, 9.17) is 9.72 Å². The van der Waals surface area contributed by atoms with E-state index in [2.05, 4.69) is 11.4 Å². The van der Waals surface area contributed by atoms with Gasteiger partial charge in [0.05, 0.1) is 28.9 Å². The van der Waals surface area contributed by atoms with Crippen LogP contribution in [-0.4, -0.2) is 23.5 Å². The van der Waals surface area contributed by atoms with Gasteiger partial charge in [-0.3, -0.25) is 4.79 Å². The lowest BCUT2D eigenvalue weighted by Gasteiger charge is -2.14. The van der Waals surface area contributed by atoms with E-state index in [0.29, 0.717) is 31.9 Å². The summed E-state index contributed by atoms with van der Waals surface area (Å²) in [6, 6.07) is 17.6. The Hall–Kier alpha value is -4.02. The van der Waals surface area contributed by atoms with E-state index in [1.807, 2.05) is 62.4 Å². The van der Waals surface area contributed by atoms with Gasteiger partial charge in [0.2, 0.25) is 0 Å². The number of esters is 1. The Morgan fingerprint density at radius 1 is 1.06 bits per heavy atom. The van der Waals surface area contributed by atoms with Crippen molar-refractivity contribution in [2.24, 2.45) is 0 Å². The number of carbonyl (C=O) groups excluding carboxylic acids is 2. The van der Waals surface area contributed by atoms with Gasteiger partial charge in [0.25, 0.3) is 5.91 Å². The molecule has 1 amide bonds. The average Bonchev–Trinajstić information content (AvgIpc) is 3.14. The van der Waals surface area contributed by atoms with Crippen molar-refractivity contribution >= 4 is 39.1 Å². The number of aromatic nitrogens is 1. The van der Waals surface area contributed by atoms with Crippen molar-refractivity contribution in [2.75, 3.05) is 11.9 Å². The number of hydrogen-bond donors (Lipinski definition) is 1. The first-order valence-electron chi connectivity index (χ1n) is 10.8. The minimum atomic E-state index is -0.505. The molecule has 6 nitrogen and oxygen atoms in total. The average molecular weight is 470 g/mol. The first-order valence-corrected chi connectivity index (χ1v) is 11.7. The monoisotopic (exact) mass is 469 g/mol. The Labute approximate surface area is 201 Å². The van der Waals surface area contributed by atoms with Gasteiger partial charge < -0.3 is 10.1 Å². The number of pyridine rings is 1. The number of nitrogens with one attached hydrogen (secondary N) is 1. The lowest BCUT2D eigenvalue weighted by atomic mass is 9.96. The molecule has 170 valence electrons. The summed E-state index contributed by atoms with van der Waals surface area (Å²) in [6.45, 7) is 7.52. The van der Waals surface area contributed by atoms with Crippen molar-refractivity contribution in [3.8, 4) is 17.3 Å². The minimum absolute atomic E-state index is 0.226. The molecule has 2 aromatic heterocycles. The van der Waals surface area contributed by atoms with Gasteiger partial charge in [-0.25, -0.2) is 9.78 Å². The molecule has 0 saturated heterocycles. The van der Waals surface area contributed by atoms with E-state index in [1.165, 1.54) is 0 Å². The number of thiophene rings is 1. The summed E-state index contributed by atoms with van der Waals surface area (Å²) in [5.74, 6) is -0.869. The molecular formula is C27H23N3O3S. The number of nitriles is 1. The second-order valence-corrected chi connectivity index (χ2v) is 8.91. The van der Waals surface area contributed by atoms with E-state index in [0.717, 1.165) is 33.7 Å². The fourth-order valence-corrected chi connectivity index (χ4v) is 4.93. The van der Waals surface area contributed by atoms with Crippen molar-refractivity contribution in [2.45, 2.75) is 27.7 Å². The fraction of sp³-hybridized carbons (Fsp3) is 0.185. The summed E-state index contributed by atoms with van der Waals surface area (Å²) in [5.41, 5.74) is 5.44. The normalized spacial score (nSPS) is 10.7. The highest BCUT2D eigenvalue weighted by Crippen LogP contribution is 2.35. The van der Waals surface area contributed by atoms with Crippen LogP contribution in [0.3, 0.4) is 0 Å². The molecule has 0 radical (unpaired) electrons. The van der Waals surface area contributed by atoms with Crippen molar-refractivity contribution < 1.29 is 14.3 Å². The van der Waals surface area contributed by atoms with Crippen LogP contribution in [0.5, 0.6) is 0 Å². The highest BCUT2D eigenvalue weighted by Gasteiger charge is 2.25. The van der Waals surface area contributed by atoms with Crippen LogP contribution < -0.4 is 5.32 Å². The highest BCUT2D eigenvalue weighted by atomic mass is 32.1. The molecule has 1 N–H and O–H groups in total. The van der Waals surface area contributed by atoms with Gasteiger partial charge in [0.1, 0.15) is 15.9 Å². The van der Waals surface area contributed by atoms with Crippen LogP contribution in [0.25, 0.3) is 22.2 Å². The number of rotatable bonds is 5. The third-order valence-electron chi connectivity index (χ3n) is 5.63. The number of nitrogens with zero attached hydrogens (tertiary/aromatic N) is 2. The number of para-hydroxylation sites is 1. The standard InChI is InChI=1S/C27H23N3O3S/c1-5-33-27(32)24-16(3)20(14-28)26(34-24)30-25(31)22-17(4)23(18-12-10-15(2)11-13-18)29-21-9-7-6-8-19(21)22/h6-13H,5H2,1-4H3,(H,30,31). The summed E-state index contributed by atoms with van der Waals surface area (Å²) < 4.78 is 5.10. The molecule has 0 spiro atoms. The van der Waals surface area contributed by atoms with Gasteiger partial charge in [-0.05, 0) is 44.9 Å². The SMILES string of the molecule is CCOC(=O)c1sc(NC(=O)c2c(C)c(-c3ccc(C)cc3)nc3ccccc23)c(C#N)c1C. The van der Waals surface area contributed by atoms with E-state index < -0.39 is 5.97 Å². The molecule has 0 aliphatic rings. The molecule has 0 unspecified atom stereocenters. The number of carbonyl (C=O) groups is 2. The van der Waals surface area contributed by atoms with E-state index in [1.54, 1.807) is 13.8 Å². The van der Waals surface area contributed by atoms with E-state index in [9.17, 15) is 14.9 Å². The van der Waals surface area contributed by atoms with Gasteiger partial charge in [-0.2, -0.15) is 5.26 Å². The van der Waals surface area contributed by atoms with Crippen molar-refractivity contribution in [1.82, 2.24) is 4.98 Å². The first kappa shape index (κ1) is 23.1. The Bertz CT molecular complexity index is 1460. The lowest BCUT2D eigenvalue weighted by molar-refractivity contribution is 0.0531. The van der Waals surface area contributed by atoms with E-state index in [-0.39, 0.29) is 18.1 Å². The van der Waals surface area contributed by atoms with Crippen LogP contribution in [-0.2, 0) is 4.74 Å². The maximum atomic E-state index is 13.6. The largest absolute Gasteiger partial charge is 0.462 e. The zero-order valence-electron chi connectivity index (χ0n) is 19.4. The number of anilines is 1. The number of amides is 1. The summed E-state index contributed by atoms with van der Waals surface area (Å²) in [5, 5.41) is 13.6. The van der Waals surface area contributed by atoms with Gasteiger partial charge in [-0.1, -0.05) is 48.0 Å². The molecule has 0 atom stereocenters. The minimum Gasteiger partial charge on any atom is -0.462 e. The Morgan fingerprint density at radius 3 is 2.44 bits per heavy atom. The van der Waals surface area contributed by atoms with Gasteiger partial charge in [-0.15, -0.1) is 11.3 Å². The molecule has 0 aliphatic carbocycles. The second kappa shape index (κ2) is 9.46. The second-order valence-electron chi connectivity index (χ2n) is 7.89. The molecule has 7 heteroatoms. The number of fused-ring (bicyclic) bond motifs is 1. The van der Waals surface area contributed by atoms with Crippen LogP contribution in [0.2, 0.25) is 0 Å². The molecule has 0 saturated carbocycles. The number of aryl methyl sites for hydroxylation is 1. The topological polar surface area (TPSA) is 92.1 Å². The van der Waals surface area contributed by atoms with Crippen molar-refractivity contribution in [3.05, 3.63) is 81.2 Å². The van der Waals surface area contributed by atoms with Crippen LogP contribution in [0.4, 0.5) is 5.00 Å². The predicted octanol–water partition coefficient (Wildman–Crippen LogP) is 6.19. The Balaban J connectivity index is 1.83. The van der Waals surface area contributed by atoms with Crippen molar-refractivity contribution in [1.29, 1.82) is 5.26 Å². The van der Waals surface area contributed by atoms with Crippen LogP contribution in [0.1, 0.15) is 49.2 Å². The fourth-order valence-electron chi connectivity index (χ4n) is 3.89. The lowest BCUT2D eigenvalue weighted by Crippen LogP contribution is -2.15. The predicted molar refractivity (Wildman–Crippen MR) is 134 cm³/mol. The molecule has 0 fully saturated rings. The van der Waals surface area contributed by atoms with Gasteiger partial charge in [0.15, 0.2) is 0 Å². The summed E-state index contributed by atoms with van der Waals surface area (Å²) in [6.07, 6.45) is 0.